The van der Waals surface area contributed by atoms with Gasteiger partial charge in [0, 0.05) is 12.5 Å². The monoisotopic (exact) mass is 280 g/mol. The van der Waals surface area contributed by atoms with Crippen LogP contribution in [0.15, 0.2) is 0 Å². The number of hydrogen-bond acceptors (Lipinski definition) is 4. The normalized spacial score (nSPS) is 9.50. The van der Waals surface area contributed by atoms with Crippen LogP contribution in [-0.4, -0.2) is 63.4 Å². The van der Waals surface area contributed by atoms with Crippen molar-refractivity contribution in [1.82, 2.24) is 0 Å². The average molecular weight is 279 g/mol. The van der Waals surface area contributed by atoms with Gasteiger partial charge in [-0.25, -0.2) is 4.79 Å². The van der Waals surface area contributed by atoms with Crippen LogP contribution in [0.5, 0.6) is 0 Å². The van der Waals surface area contributed by atoms with E-state index >= 15 is 0 Å². The van der Waals surface area contributed by atoms with Gasteiger partial charge < -0.3 is 4.74 Å². The van der Waals surface area contributed by atoms with Crippen molar-refractivity contribution in [3.8, 4) is 11.8 Å². The number of ketones is 2. The van der Waals surface area contributed by atoms with E-state index in [9.17, 15) is 14.4 Å². The molecule has 1 aromatic rings. The first kappa shape index (κ1) is 18.0. The molecule has 9 heteroatoms. The van der Waals surface area contributed by atoms with Gasteiger partial charge in [0.05, 0.1) is 0 Å². The molecule has 0 aliphatic rings. The standard InChI is InChI=1S/C13H5B5O4/c1-5(19)13(21)22-4-2-3-6(20)7-8(14)10(16)12(18)11(17)9(7)15/h4H2,1H3. The van der Waals surface area contributed by atoms with Crippen LogP contribution in [0, 0.1) is 11.8 Å². The van der Waals surface area contributed by atoms with Crippen LogP contribution >= 0.6 is 0 Å². The van der Waals surface area contributed by atoms with Crippen LogP contribution in [0.25, 0.3) is 0 Å². The van der Waals surface area contributed by atoms with Gasteiger partial charge in [0.1, 0.15) is 39.2 Å². The highest BCUT2D eigenvalue weighted by atomic mass is 16.5. The molecule has 0 aliphatic heterocycles. The Hall–Kier alpha value is -2.09. The first-order valence-corrected chi connectivity index (χ1v) is 5.90. The number of rotatable bonds is 3. The van der Waals surface area contributed by atoms with Gasteiger partial charge in [0.2, 0.25) is 11.6 Å². The van der Waals surface area contributed by atoms with Crippen LogP contribution in [0.2, 0.25) is 0 Å². The van der Waals surface area contributed by atoms with Crippen LogP contribution in [0.3, 0.4) is 0 Å². The number of hydrogen-bond donors (Lipinski definition) is 0. The molecule has 0 atom stereocenters. The lowest BCUT2D eigenvalue weighted by Crippen LogP contribution is -2.57. The van der Waals surface area contributed by atoms with Crippen molar-refractivity contribution in [1.29, 1.82) is 0 Å². The summed E-state index contributed by atoms with van der Waals surface area (Å²) < 4.78 is 4.47. The van der Waals surface area contributed by atoms with Crippen LogP contribution in [0.4, 0.5) is 0 Å². The van der Waals surface area contributed by atoms with Crippen molar-refractivity contribution in [3.63, 3.8) is 0 Å². The largest absolute Gasteiger partial charge is 0.447 e. The molecule has 0 amide bonds. The Bertz CT molecular complexity index is 701. The number of benzene rings is 1. The fraction of sp³-hybridized carbons (Fsp3) is 0.154. The fourth-order valence-electron chi connectivity index (χ4n) is 1.48. The quantitative estimate of drug-likeness (QED) is 0.139. The third kappa shape index (κ3) is 3.76. The Balaban J connectivity index is 3.02. The van der Waals surface area contributed by atoms with Gasteiger partial charge in [-0.05, 0) is 5.92 Å². The lowest BCUT2D eigenvalue weighted by atomic mass is 9.60. The Kier molecular flexibility index (Phi) is 5.93. The zero-order valence-corrected chi connectivity index (χ0v) is 11.7. The van der Waals surface area contributed by atoms with Crippen molar-refractivity contribution < 1.29 is 19.1 Å². The molecule has 0 fully saturated rings. The maximum Gasteiger partial charge on any atom is 0.375 e. The molecule has 1 rings (SSSR count). The third-order valence-electron chi connectivity index (χ3n) is 2.69. The van der Waals surface area contributed by atoms with Crippen molar-refractivity contribution in [3.05, 3.63) is 5.56 Å². The Morgan fingerprint density at radius 1 is 0.909 bits per heavy atom. The predicted octanol–water partition coefficient (Wildman–Crippen LogP) is -5.03. The predicted molar refractivity (Wildman–Crippen MR) is 87.1 cm³/mol. The molecular weight excluding hydrogens is 274 g/mol. The number of ether oxygens (including phenoxy) is 1. The zero-order valence-electron chi connectivity index (χ0n) is 11.7. The lowest BCUT2D eigenvalue weighted by Gasteiger charge is -2.18. The summed E-state index contributed by atoms with van der Waals surface area (Å²) in [6, 6.07) is 0. The summed E-state index contributed by atoms with van der Waals surface area (Å²) in [5.74, 6) is 1.82. The molecule has 0 aromatic heterocycles. The van der Waals surface area contributed by atoms with E-state index < -0.39 is 24.1 Å². The van der Waals surface area contributed by atoms with Gasteiger partial charge in [0.15, 0.2) is 6.61 Å². The van der Waals surface area contributed by atoms with E-state index in [0.29, 0.717) is 0 Å². The van der Waals surface area contributed by atoms with E-state index in [-0.39, 0.29) is 32.9 Å². The van der Waals surface area contributed by atoms with E-state index in [1.54, 1.807) is 0 Å². The molecule has 0 saturated carbocycles. The summed E-state index contributed by atoms with van der Waals surface area (Å²) in [4.78, 5) is 33.5. The molecule has 0 bridgehead atoms. The van der Waals surface area contributed by atoms with E-state index in [2.05, 4.69) is 16.6 Å². The SMILES string of the molecule is [B]c1c([B])c([B])c(C(=O)C#CCOC(=O)C(C)=O)c([B])c1[B]. The molecule has 1 aromatic carbocycles. The second kappa shape index (κ2) is 7.26. The lowest BCUT2D eigenvalue weighted by molar-refractivity contribution is -0.151. The Labute approximate surface area is 134 Å². The first-order valence-electron chi connectivity index (χ1n) is 5.90. The minimum Gasteiger partial charge on any atom is -0.447 e. The van der Waals surface area contributed by atoms with E-state index in [1.807, 2.05) is 0 Å². The summed E-state index contributed by atoms with van der Waals surface area (Å²) >= 11 is 0. The van der Waals surface area contributed by atoms with Gasteiger partial charge in [-0.3, -0.25) is 9.59 Å². The minimum atomic E-state index is -1.05. The molecule has 0 heterocycles. The first-order chi connectivity index (χ1) is 10.2. The molecule has 0 N–H and O–H groups in total. The van der Waals surface area contributed by atoms with Crippen LogP contribution < -0.4 is 27.3 Å². The molecular formula is C13H5B5O4. The van der Waals surface area contributed by atoms with Gasteiger partial charge in [-0.15, -0.1) is 16.4 Å². The number of carbonyl (C=O) groups is 3. The molecule has 0 unspecified atom stereocenters. The molecule has 96 valence electrons. The van der Waals surface area contributed by atoms with E-state index in [4.69, 9.17) is 39.2 Å². The molecule has 22 heavy (non-hydrogen) atoms. The summed E-state index contributed by atoms with van der Waals surface area (Å²) in [5.41, 5.74) is -0.599. The van der Waals surface area contributed by atoms with Crippen molar-refractivity contribution >= 4 is 84.1 Å². The highest BCUT2D eigenvalue weighted by molar-refractivity contribution is 6.68. The summed E-state index contributed by atoms with van der Waals surface area (Å²) in [7, 11) is 28.2. The highest BCUT2D eigenvalue weighted by Gasteiger charge is 2.15. The topological polar surface area (TPSA) is 60.4 Å². The number of Topliss-reactive ketones (excluding diaryl/α,β-unsaturated/α-hetero) is 2. The van der Waals surface area contributed by atoms with E-state index in [0.717, 1.165) is 6.92 Å². The summed E-state index contributed by atoms with van der Waals surface area (Å²) in [6.07, 6.45) is 0. The van der Waals surface area contributed by atoms with Gasteiger partial charge in [-0.2, -0.15) is 0 Å². The minimum absolute atomic E-state index is 0.0186. The van der Waals surface area contributed by atoms with Crippen molar-refractivity contribution in [2.75, 3.05) is 6.61 Å². The summed E-state index contributed by atoms with van der Waals surface area (Å²) in [5, 5.41) is 0. The van der Waals surface area contributed by atoms with Gasteiger partial charge >= 0.3 is 5.97 Å². The van der Waals surface area contributed by atoms with Crippen LogP contribution in [-0.2, 0) is 14.3 Å². The maximum atomic E-state index is 12.0. The second-order valence-electron chi connectivity index (χ2n) is 4.21. The summed E-state index contributed by atoms with van der Waals surface area (Å²) in [6.45, 7) is 0.603. The molecule has 10 radical (unpaired) electrons. The molecule has 0 saturated heterocycles. The van der Waals surface area contributed by atoms with E-state index in [1.165, 1.54) is 0 Å². The van der Waals surface area contributed by atoms with Gasteiger partial charge in [0.25, 0.3) is 0 Å². The maximum absolute atomic E-state index is 12.0. The number of carbonyl (C=O) groups excluding carboxylic acids is 3. The van der Waals surface area contributed by atoms with Crippen molar-refractivity contribution in [2.24, 2.45) is 0 Å². The Morgan fingerprint density at radius 2 is 1.36 bits per heavy atom. The molecule has 0 aliphatic carbocycles. The average Bonchev–Trinajstić information content (AvgIpc) is 2.47. The fourth-order valence-corrected chi connectivity index (χ4v) is 1.48. The molecule has 4 nitrogen and oxygen atoms in total. The highest BCUT2D eigenvalue weighted by Crippen LogP contribution is 1.88. The number of esters is 1. The third-order valence-corrected chi connectivity index (χ3v) is 2.69. The van der Waals surface area contributed by atoms with Gasteiger partial charge in [-0.1, -0.05) is 16.8 Å². The zero-order chi connectivity index (χ0) is 17.0. The smallest absolute Gasteiger partial charge is 0.375 e. The molecule has 0 spiro atoms. The Morgan fingerprint density at radius 3 is 1.82 bits per heavy atom. The van der Waals surface area contributed by atoms with Crippen molar-refractivity contribution in [2.45, 2.75) is 6.92 Å². The second-order valence-corrected chi connectivity index (χ2v) is 4.21. The van der Waals surface area contributed by atoms with Crippen LogP contribution in [0.1, 0.15) is 17.3 Å².